The van der Waals surface area contributed by atoms with E-state index in [2.05, 4.69) is 14.4 Å². The van der Waals surface area contributed by atoms with E-state index in [1.54, 1.807) is 48.0 Å². The Morgan fingerprint density at radius 2 is 1.17 bits per heavy atom. The number of aryl methyl sites for hydroxylation is 1. The summed E-state index contributed by atoms with van der Waals surface area (Å²) in [6.45, 7) is 1.75. The number of benzene rings is 2. The number of sulfonamides is 2. The van der Waals surface area contributed by atoms with E-state index in [-0.39, 0.29) is 36.7 Å². The molecule has 0 atom stereocenters. The lowest BCUT2D eigenvalue weighted by atomic mass is 10.1. The van der Waals surface area contributed by atoms with Gasteiger partial charge in [-0.15, -0.1) is 22.7 Å². The number of rotatable bonds is 9. The van der Waals surface area contributed by atoms with Crippen molar-refractivity contribution in [2.45, 2.75) is 15.3 Å². The summed E-state index contributed by atoms with van der Waals surface area (Å²) in [5.41, 5.74) is 0.363. The first-order chi connectivity index (χ1) is 20.1. The van der Waals surface area contributed by atoms with Gasteiger partial charge in [-0.2, -0.15) is 0 Å². The van der Waals surface area contributed by atoms with Crippen molar-refractivity contribution in [2.75, 3.05) is 14.3 Å². The van der Waals surface area contributed by atoms with Crippen LogP contribution in [0.5, 0.6) is 0 Å². The Morgan fingerprint density at radius 1 is 0.690 bits per heavy atom. The van der Waals surface area contributed by atoms with Gasteiger partial charge in [0.25, 0.3) is 31.9 Å². The van der Waals surface area contributed by atoms with Crippen LogP contribution in [0.4, 0.5) is 17.2 Å². The molecule has 0 unspecified atom stereocenters. The first-order valence-electron chi connectivity index (χ1n) is 12.2. The summed E-state index contributed by atoms with van der Waals surface area (Å²) in [6.07, 6.45) is 1.43. The van der Waals surface area contributed by atoms with Crippen LogP contribution >= 0.6 is 22.7 Å². The molecule has 3 heterocycles. The monoisotopic (exact) mass is 638 g/mol. The molecule has 2 N–H and O–H groups in total. The molecule has 0 saturated heterocycles. The molecular formula is C28H22N4O6S4. The number of nitrogens with one attached hydrogen (secondary N) is 2. The molecule has 2 amide bonds. The molecule has 0 saturated carbocycles. The molecule has 10 nitrogen and oxygen atoms in total. The number of nitrogens with zero attached hydrogens (tertiary/aromatic N) is 2. The number of hydrogen-bond acceptors (Lipinski definition) is 9. The van der Waals surface area contributed by atoms with E-state index in [1.165, 1.54) is 60.8 Å². The molecule has 3 aromatic heterocycles. The molecule has 0 spiro atoms. The standard InChI is InChI=1S/C28H22N4O6S4/c1-19-14-15-29-24(18-19)32(27(33)20-8-2-4-10-22(20)30-41(35,36)25-12-6-16-39-25)28(34)21-9-3-5-11-23(21)31-42(37,38)26-13-7-17-40-26/h2-18,30-31H,1H3. The fraction of sp³-hybridized carbons (Fsp3) is 0.0357. The number of imide groups is 1. The van der Waals surface area contributed by atoms with E-state index in [0.29, 0.717) is 5.56 Å². The highest BCUT2D eigenvalue weighted by atomic mass is 32.3. The zero-order valence-corrected chi connectivity index (χ0v) is 25.1. The predicted molar refractivity (Wildman–Crippen MR) is 163 cm³/mol. The average Bonchev–Trinajstić information content (AvgIpc) is 3.69. The smallest absolute Gasteiger partial charge is 0.271 e. The molecule has 5 aromatic rings. The van der Waals surface area contributed by atoms with Crippen LogP contribution in [0.1, 0.15) is 26.3 Å². The maximum atomic E-state index is 14.1. The number of thiophene rings is 2. The minimum atomic E-state index is -4.02. The maximum Gasteiger partial charge on any atom is 0.271 e. The number of hydrogen-bond donors (Lipinski definition) is 2. The fourth-order valence-electron chi connectivity index (χ4n) is 3.92. The molecule has 0 aliphatic heterocycles. The third kappa shape index (κ3) is 6.11. The lowest BCUT2D eigenvalue weighted by Gasteiger charge is -2.23. The van der Waals surface area contributed by atoms with Gasteiger partial charge in [0.05, 0.1) is 22.5 Å². The summed E-state index contributed by atoms with van der Waals surface area (Å²) >= 11 is 2.02. The Hall–Kier alpha value is -4.37. The number of pyridine rings is 1. The summed E-state index contributed by atoms with van der Waals surface area (Å²) in [5.74, 6) is -1.78. The Bertz CT molecular complexity index is 1850. The first kappa shape index (κ1) is 29.1. The lowest BCUT2D eigenvalue weighted by Crippen LogP contribution is -2.38. The van der Waals surface area contributed by atoms with Crippen molar-refractivity contribution < 1.29 is 26.4 Å². The highest BCUT2D eigenvalue weighted by Gasteiger charge is 2.32. The second-order valence-corrected chi connectivity index (χ2v) is 14.5. The van der Waals surface area contributed by atoms with Gasteiger partial charge in [-0.1, -0.05) is 36.4 Å². The van der Waals surface area contributed by atoms with Crippen LogP contribution in [0.2, 0.25) is 0 Å². The third-order valence-corrected chi connectivity index (χ3v) is 11.4. The van der Waals surface area contributed by atoms with Crippen molar-refractivity contribution in [3.05, 3.63) is 119 Å². The highest BCUT2D eigenvalue weighted by Crippen LogP contribution is 2.29. The van der Waals surface area contributed by atoms with Crippen molar-refractivity contribution in [1.82, 2.24) is 4.98 Å². The topological polar surface area (TPSA) is 143 Å². The predicted octanol–water partition coefficient (Wildman–Crippen LogP) is 5.60. The van der Waals surface area contributed by atoms with Crippen LogP contribution in [0.15, 0.2) is 110 Å². The summed E-state index contributed by atoms with van der Waals surface area (Å²) < 4.78 is 56.9. The Morgan fingerprint density at radius 3 is 1.60 bits per heavy atom. The van der Waals surface area contributed by atoms with E-state index >= 15 is 0 Å². The van der Waals surface area contributed by atoms with E-state index in [9.17, 15) is 26.4 Å². The molecule has 0 aliphatic rings. The van der Waals surface area contributed by atoms with Crippen LogP contribution in [-0.4, -0.2) is 33.6 Å². The fourth-order valence-corrected chi connectivity index (χ4v) is 8.07. The van der Waals surface area contributed by atoms with Gasteiger partial charge in [-0.3, -0.25) is 19.0 Å². The summed E-state index contributed by atoms with van der Waals surface area (Å²) in [4.78, 5) is 33.3. The van der Waals surface area contributed by atoms with Gasteiger partial charge in [0, 0.05) is 6.20 Å². The van der Waals surface area contributed by atoms with Crippen molar-refractivity contribution in [3.63, 3.8) is 0 Å². The number of para-hydroxylation sites is 2. The molecule has 214 valence electrons. The van der Waals surface area contributed by atoms with Gasteiger partial charge in [0.2, 0.25) is 0 Å². The molecule has 5 rings (SSSR count). The molecule has 0 aliphatic carbocycles. The minimum absolute atomic E-state index is 0.0307. The number of carbonyl (C=O) groups excluding carboxylic acids is 2. The average molecular weight is 639 g/mol. The summed E-state index contributed by atoms with van der Waals surface area (Å²) in [5, 5.41) is 3.22. The van der Waals surface area contributed by atoms with E-state index < -0.39 is 31.9 Å². The molecule has 0 bridgehead atoms. The zero-order chi connectivity index (χ0) is 29.9. The van der Waals surface area contributed by atoms with Crippen molar-refractivity contribution in [2.24, 2.45) is 0 Å². The number of aromatic nitrogens is 1. The van der Waals surface area contributed by atoms with Crippen LogP contribution < -0.4 is 14.3 Å². The largest absolute Gasteiger partial charge is 0.278 e. The van der Waals surface area contributed by atoms with Gasteiger partial charge in [0.15, 0.2) is 0 Å². The quantitative estimate of drug-likeness (QED) is 0.200. The molecular weight excluding hydrogens is 617 g/mol. The maximum absolute atomic E-state index is 14.1. The molecule has 2 aromatic carbocycles. The minimum Gasteiger partial charge on any atom is -0.278 e. The van der Waals surface area contributed by atoms with Crippen LogP contribution in [0, 0.1) is 6.92 Å². The van der Waals surface area contributed by atoms with Gasteiger partial charge >= 0.3 is 0 Å². The van der Waals surface area contributed by atoms with Gasteiger partial charge < -0.3 is 0 Å². The molecule has 14 heteroatoms. The van der Waals surface area contributed by atoms with Crippen LogP contribution in [0.25, 0.3) is 0 Å². The molecule has 0 fully saturated rings. The summed E-state index contributed by atoms with van der Waals surface area (Å²) in [6, 6.07) is 21.0. The Balaban J connectivity index is 1.58. The number of amides is 2. The zero-order valence-electron chi connectivity index (χ0n) is 21.8. The van der Waals surface area contributed by atoms with Gasteiger partial charge in [-0.25, -0.2) is 26.7 Å². The van der Waals surface area contributed by atoms with Gasteiger partial charge in [0.1, 0.15) is 14.2 Å². The second-order valence-electron chi connectivity index (χ2n) is 8.80. The molecule has 42 heavy (non-hydrogen) atoms. The SMILES string of the molecule is Cc1ccnc(N(C(=O)c2ccccc2NS(=O)(=O)c2cccs2)C(=O)c2ccccc2NS(=O)(=O)c2cccs2)c1. The molecule has 0 radical (unpaired) electrons. The second kappa shape index (κ2) is 11.9. The van der Waals surface area contributed by atoms with Crippen LogP contribution in [-0.2, 0) is 20.0 Å². The van der Waals surface area contributed by atoms with Crippen molar-refractivity contribution in [3.8, 4) is 0 Å². The number of anilines is 3. The van der Waals surface area contributed by atoms with Gasteiger partial charge in [-0.05, 0) is 71.8 Å². The lowest BCUT2D eigenvalue weighted by molar-refractivity contribution is 0.0897. The third-order valence-electron chi connectivity index (χ3n) is 5.86. The highest BCUT2D eigenvalue weighted by molar-refractivity contribution is 7.95. The Labute approximate surface area is 250 Å². The van der Waals surface area contributed by atoms with E-state index in [0.717, 1.165) is 27.6 Å². The Kier molecular flexibility index (Phi) is 8.22. The van der Waals surface area contributed by atoms with E-state index in [4.69, 9.17) is 0 Å². The normalized spacial score (nSPS) is 11.5. The van der Waals surface area contributed by atoms with Crippen molar-refractivity contribution in [1.29, 1.82) is 0 Å². The first-order valence-corrected chi connectivity index (χ1v) is 16.9. The summed E-state index contributed by atoms with van der Waals surface area (Å²) in [7, 11) is -8.05. The van der Waals surface area contributed by atoms with Crippen LogP contribution in [0.3, 0.4) is 0 Å². The number of carbonyl (C=O) groups is 2. The van der Waals surface area contributed by atoms with E-state index in [1.807, 2.05) is 0 Å². The van der Waals surface area contributed by atoms with Crippen molar-refractivity contribution >= 4 is 71.7 Å².